The third-order valence-corrected chi connectivity index (χ3v) is 16.6. The Morgan fingerprint density at radius 1 is 0.393 bits per heavy atom. The third-order valence-electron chi connectivity index (χ3n) is 16.6. The van der Waals surface area contributed by atoms with Crippen LogP contribution in [0.15, 0.2) is 170 Å². The van der Waals surface area contributed by atoms with Gasteiger partial charge >= 0.3 is 0 Å². The van der Waals surface area contributed by atoms with E-state index in [1.807, 2.05) is 107 Å². The van der Waals surface area contributed by atoms with Crippen molar-refractivity contribution in [1.82, 2.24) is 49.3 Å². The molecule has 7 aromatic heterocycles. The van der Waals surface area contributed by atoms with Gasteiger partial charge in [-0.1, -0.05) is 73.9 Å². The Hall–Kier alpha value is -10.1. The Balaban J connectivity index is 0.000000123. The van der Waals surface area contributed by atoms with E-state index in [0.717, 1.165) is 144 Å². The standard InChI is InChI=1S/C25H24N4O.C24H23N5O.C24H28N4O/c1-17-6-3-8-19(14-17)27-24-16-21(12-13-26-24)30-25-22-10-5-11-23(22)28-29(25)20-9-4-7-18(2)15-20;1-16-6-3-8-18(14-16)27-22-15-19(12-13-25-22)30-24-20-9-5-10-21(20)28-29(24)23-11-4-7-17(2)26-23;1-17-7-5-8-18(15-17)26-23-16-20(13-14-25-23)29-24-21-11-6-12-22(21)27-28(24)19-9-3-2-4-10-19/h3-4,6-9,12-16H,5,10-11H2,1-2H3,(H,26,27);3-4,6-8,11-15H,5,9-10H2,1-2H3,(H,25,27);5,7-8,13-16,19H,2-4,6,9-12H2,1H3,(H,25,26). The summed E-state index contributed by atoms with van der Waals surface area (Å²) >= 11 is 0. The van der Waals surface area contributed by atoms with Crippen LogP contribution < -0.4 is 30.2 Å². The van der Waals surface area contributed by atoms with E-state index in [9.17, 15) is 0 Å². The molecule has 0 saturated heterocycles. The number of hydrogen-bond acceptors (Lipinski definition) is 13. The van der Waals surface area contributed by atoms with Crippen LogP contribution in [0, 0.1) is 34.6 Å². The maximum atomic E-state index is 6.47. The summed E-state index contributed by atoms with van der Waals surface area (Å²) in [6, 6.07) is 50.9. The minimum atomic E-state index is 0.469. The van der Waals surface area contributed by atoms with Crippen molar-refractivity contribution in [3.63, 3.8) is 0 Å². The van der Waals surface area contributed by atoms with Gasteiger partial charge in [-0.3, -0.25) is 0 Å². The van der Waals surface area contributed by atoms with Crippen LogP contribution in [-0.4, -0.2) is 49.3 Å². The molecule has 4 aromatic carbocycles. The van der Waals surface area contributed by atoms with Gasteiger partial charge in [0.15, 0.2) is 5.82 Å². The third kappa shape index (κ3) is 13.9. The Morgan fingerprint density at radius 2 is 0.820 bits per heavy atom. The monoisotopic (exact) mass is 1180 g/mol. The first-order chi connectivity index (χ1) is 43.6. The molecule has 0 amide bonds. The number of hydrogen-bond donors (Lipinski definition) is 3. The molecular weight excluding hydrogens is 1110 g/mol. The molecular formula is C73H75N13O3. The van der Waals surface area contributed by atoms with Crippen molar-refractivity contribution < 1.29 is 14.2 Å². The number of aryl methyl sites for hydroxylation is 8. The average Bonchev–Trinajstić information content (AvgIpc) is 1.98. The molecule has 0 spiro atoms. The summed E-state index contributed by atoms with van der Waals surface area (Å²) in [7, 11) is 0. The zero-order valence-corrected chi connectivity index (χ0v) is 51.3. The van der Waals surface area contributed by atoms with Gasteiger partial charge in [0.2, 0.25) is 17.6 Å². The van der Waals surface area contributed by atoms with Crippen molar-refractivity contribution in [2.75, 3.05) is 16.0 Å². The molecule has 0 aliphatic heterocycles. The Bertz CT molecular complexity index is 4100. The molecule has 450 valence electrons. The number of nitrogens with zero attached hydrogens (tertiary/aromatic N) is 10. The molecule has 4 aliphatic carbocycles. The van der Waals surface area contributed by atoms with Gasteiger partial charge in [0.1, 0.15) is 34.7 Å². The first-order valence-electron chi connectivity index (χ1n) is 31.3. The lowest BCUT2D eigenvalue weighted by Crippen LogP contribution is -2.15. The fraction of sp³-hybridized carbons (Fsp3) is 0.274. The van der Waals surface area contributed by atoms with E-state index >= 15 is 0 Å². The molecule has 89 heavy (non-hydrogen) atoms. The number of aromatic nitrogens is 10. The van der Waals surface area contributed by atoms with Crippen LogP contribution in [0.5, 0.6) is 34.9 Å². The molecule has 16 heteroatoms. The van der Waals surface area contributed by atoms with Crippen molar-refractivity contribution in [2.24, 2.45) is 0 Å². The quantitative estimate of drug-likeness (QED) is 0.0887. The fourth-order valence-corrected chi connectivity index (χ4v) is 12.3. The maximum absolute atomic E-state index is 6.47. The lowest BCUT2D eigenvalue weighted by atomic mass is 9.96. The summed E-state index contributed by atoms with van der Waals surface area (Å²) in [4.78, 5) is 18.0. The van der Waals surface area contributed by atoms with Crippen LogP contribution in [0.3, 0.4) is 0 Å². The van der Waals surface area contributed by atoms with Crippen LogP contribution in [0.2, 0.25) is 0 Å². The highest BCUT2D eigenvalue weighted by atomic mass is 16.5. The summed E-state index contributed by atoms with van der Waals surface area (Å²) in [5.74, 6) is 7.80. The van der Waals surface area contributed by atoms with Crippen molar-refractivity contribution in [1.29, 1.82) is 0 Å². The Morgan fingerprint density at radius 3 is 1.30 bits per heavy atom. The zero-order chi connectivity index (χ0) is 60.6. The van der Waals surface area contributed by atoms with Crippen LogP contribution in [0.4, 0.5) is 34.5 Å². The minimum Gasteiger partial charge on any atom is -0.439 e. The number of fused-ring (bicyclic) bond motifs is 3. The van der Waals surface area contributed by atoms with Crippen LogP contribution >= 0.6 is 0 Å². The van der Waals surface area contributed by atoms with E-state index < -0.39 is 0 Å². The molecule has 1 saturated carbocycles. The number of anilines is 6. The van der Waals surface area contributed by atoms with E-state index in [-0.39, 0.29) is 0 Å². The molecule has 0 atom stereocenters. The predicted molar refractivity (Wildman–Crippen MR) is 351 cm³/mol. The fourth-order valence-electron chi connectivity index (χ4n) is 12.3. The summed E-state index contributed by atoms with van der Waals surface area (Å²) in [5, 5.41) is 24.7. The summed E-state index contributed by atoms with van der Waals surface area (Å²) in [6.45, 7) is 10.3. The first kappa shape index (κ1) is 58.0. The number of benzene rings is 4. The van der Waals surface area contributed by atoms with Crippen LogP contribution in [0.1, 0.15) is 119 Å². The van der Waals surface area contributed by atoms with Gasteiger partial charge in [-0.15, -0.1) is 0 Å². The molecule has 3 N–H and O–H groups in total. The smallest absolute Gasteiger partial charge is 0.227 e. The molecule has 0 bridgehead atoms. The number of ether oxygens (including phenoxy) is 3. The summed E-state index contributed by atoms with van der Waals surface area (Å²) in [6.07, 6.45) is 21.1. The number of nitrogens with one attached hydrogen (secondary N) is 3. The van der Waals surface area contributed by atoms with Gasteiger partial charge in [0.25, 0.3) is 0 Å². The molecule has 11 aromatic rings. The molecule has 0 unspecified atom stereocenters. The largest absolute Gasteiger partial charge is 0.439 e. The maximum Gasteiger partial charge on any atom is 0.227 e. The van der Waals surface area contributed by atoms with E-state index in [1.165, 1.54) is 83.2 Å². The Labute approximate surface area is 520 Å². The topological polar surface area (TPSA) is 169 Å². The number of rotatable bonds is 15. The van der Waals surface area contributed by atoms with E-state index in [0.29, 0.717) is 11.8 Å². The molecule has 0 radical (unpaired) electrons. The minimum absolute atomic E-state index is 0.469. The highest BCUT2D eigenvalue weighted by Crippen LogP contribution is 2.41. The normalized spacial score (nSPS) is 13.9. The van der Waals surface area contributed by atoms with Crippen molar-refractivity contribution in [3.8, 4) is 46.4 Å². The molecule has 7 heterocycles. The lowest BCUT2D eigenvalue weighted by molar-refractivity contribution is 0.293. The second-order valence-corrected chi connectivity index (χ2v) is 23.7. The van der Waals surface area contributed by atoms with Gasteiger partial charge < -0.3 is 30.2 Å². The average molecular weight is 1180 g/mol. The van der Waals surface area contributed by atoms with Crippen molar-refractivity contribution >= 4 is 34.5 Å². The van der Waals surface area contributed by atoms with Crippen LogP contribution in [0.25, 0.3) is 11.5 Å². The first-order valence-corrected chi connectivity index (χ1v) is 31.3. The highest BCUT2D eigenvalue weighted by Gasteiger charge is 2.30. The Kier molecular flexibility index (Phi) is 17.2. The second-order valence-electron chi connectivity index (χ2n) is 23.7. The summed E-state index contributed by atoms with van der Waals surface area (Å²) in [5.41, 5.74) is 17.0. The van der Waals surface area contributed by atoms with E-state index in [2.05, 4.69) is 129 Å². The summed E-state index contributed by atoms with van der Waals surface area (Å²) < 4.78 is 25.2. The van der Waals surface area contributed by atoms with Gasteiger partial charge in [0.05, 0.1) is 28.8 Å². The van der Waals surface area contributed by atoms with Crippen molar-refractivity contribution in [3.05, 3.63) is 232 Å². The predicted octanol–water partition coefficient (Wildman–Crippen LogP) is 17.3. The highest BCUT2D eigenvalue weighted by molar-refractivity contribution is 5.61. The van der Waals surface area contributed by atoms with Gasteiger partial charge in [0, 0.05) is 76.2 Å². The van der Waals surface area contributed by atoms with Crippen LogP contribution in [-0.2, 0) is 38.5 Å². The zero-order valence-electron chi connectivity index (χ0n) is 51.3. The lowest BCUT2D eigenvalue weighted by Gasteiger charge is -2.24. The van der Waals surface area contributed by atoms with Gasteiger partial charge in [-0.2, -0.15) is 20.0 Å². The van der Waals surface area contributed by atoms with Gasteiger partial charge in [-0.25, -0.2) is 29.3 Å². The molecule has 4 aliphatic rings. The number of pyridine rings is 4. The van der Waals surface area contributed by atoms with Gasteiger partial charge in [-0.05, 0) is 206 Å². The second kappa shape index (κ2) is 26.5. The molecule has 16 nitrogen and oxygen atoms in total. The van der Waals surface area contributed by atoms with Crippen molar-refractivity contribution in [2.45, 2.75) is 131 Å². The molecule has 1 fully saturated rings. The van der Waals surface area contributed by atoms with E-state index in [1.54, 1.807) is 18.6 Å². The molecule has 15 rings (SSSR count). The SMILES string of the molecule is Cc1cccc(Nc2cc(Oc3c4c(nn3-c3cccc(C)c3)CCC4)ccn2)c1.Cc1cccc(Nc2cc(Oc3c4c(nn3-c3cccc(C)n3)CCC4)ccn2)c1.Cc1cccc(Nc2cc(Oc3c4c(nn3C3CCCCC3)CCC4)ccn2)c1. The van der Waals surface area contributed by atoms with E-state index in [4.69, 9.17) is 29.5 Å².